The van der Waals surface area contributed by atoms with Crippen LogP contribution in [0.25, 0.3) is 0 Å². The lowest BCUT2D eigenvalue weighted by Gasteiger charge is -2.28. The molecule has 3 atom stereocenters. The third-order valence-corrected chi connectivity index (χ3v) is 4.61. The van der Waals surface area contributed by atoms with Crippen LogP contribution in [0.5, 0.6) is 0 Å². The van der Waals surface area contributed by atoms with Gasteiger partial charge in [-0.15, -0.1) is 11.3 Å². The van der Waals surface area contributed by atoms with E-state index in [2.05, 4.69) is 42.0 Å². The van der Waals surface area contributed by atoms with Crippen LogP contribution in [0.3, 0.4) is 0 Å². The van der Waals surface area contributed by atoms with Gasteiger partial charge in [0.15, 0.2) is 0 Å². The average molecular weight is 252 g/mol. The summed E-state index contributed by atoms with van der Waals surface area (Å²) in [6, 6.07) is 6.14. The third kappa shape index (κ3) is 4.09. The van der Waals surface area contributed by atoms with Crippen molar-refractivity contribution >= 4 is 11.3 Å². The summed E-state index contributed by atoms with van der Waals surface area (Å²) in [5.74, 6) is 0. The predicted octanol–water partition coefficient (Wildman–Crippen LogP) is 3.32. The van der Waals surface area contributed by atoms with E-state index in [0.29, 0.717) is 12.1 Å². The zero-order valence-electron chi connectivity index (χ0n) is 10.9. The van der Waals surface area contributed by atoms with Crippen LogP contribution < -0.4 is 10.6 Å². The second-order valence-electron chi connectivity index (χ2n) is 5.19. The highest BCUT2D eigenvalue weighted by atomic mass is 32.1. The van der Waals surface area contributed by atoms with Gasteiger partial charge in [-0.2, -0.15) is 0 Å². The molecule has 3 heteroatoms. The van der Waals surface area contributed by atoms with Gasteiger partial charge in [-0.05, 0) is 51.1 Å². The first-order valence-electron chi connectivity index (χ1n) is 6.78. The minimum atomic E-state index is 0.480. The van der Waals surface area contributed by atoms with E-state index >= 15 is 0 Å². The first-order valence-corrected chi connectivity index (χ1v) is 7.66. The van der Waals surface area contributed by atoms with Crippen LogP contribution in [-0.2, 0) is 0 Å². The Morgan fingerprint density at radius 3 is 3.00 bits per heavy atom. The number of rotatable bonds is 5. The predicted molar refractivity (Wildman–Crippen MR) is 75.6 cm³/mol. The summed E-state index contributed by atoms with van der Waals surface area (Å²) in [7, 11) is 0. The Morgan fingerprint density at radius 2 is 2.35 bits per heavy atom. The van der Waals surface area contributed by atoms with Gasteiger partial charge in [-0.25, -0.2) is 0 Å². The number of hydrogen-bond acceptors (Lipinski definition) is 3. The minimum absolute atomic E-state index is 0.480. The van der Waals surface area contributed by atoms with Crippen molar-refractivity contribution in [1.29, 1.82) is 0 Å². The zero-order chi connectivity index (χ0) is 12.1. The van der Waals surface area contributed by atoms with Crippen LogP contribution in [0.15, 0.2) is 17.5 Å². The normalized spacial score (nSPS) is 24.5. The second-order valence-corrected chi connectivity index (χ2v) is 6.17. The maximum Gasteiger partial charge on any atom is 0.0388 e. The smallest absolute Gasteiger partial charge is 0.0388 e. The van der Waals surface area contributed by atoms with Crippen molar-refractivity contribution in [3.8, 4) is 0 Å². The van der Waals surface area contributed by atoms with Crippen molar-refractivity contribution in [1.82, 2.24) is 10.6 Å². The van der Waals surface area contributed by atoms with Gasteiger partial charge in [-0.1, -0.05) is 12.5 Å². The van der Waals surface area contributed by atoms with Crippen molar-refractivity contribution in [2.45, 2.75) is 57.7 Å². The molecule has 3 unspecified atom stereocenters. The molecule has 1 aliphatic heterocycles. The van der Waals surface area contributed by atoms with Gasteiger partial charge < -0.3 is 10.6 Å². The molecule has 2 rings (SSSR count). The SMILES string of the molecule is CC(CC1CCCCN1)NC(C)c1cccs1. The molecule has 17 heavy (non-hydrogen) atoms. The maximum absolute atomic E-state index is 3.70. The molecule has 0 saturated carbocycles. The van der Waals surface area contributed by atoms with Crippen molar-refractivity contribution in [2.24, 2.45) is 0 Å². The molecule has 2 heterocycles. The minimum Gasteiger partial charge on any atom is -0.314 e. The third-order valence-electron chi connectivity index (χ3n) is 3.55. The number of nitrogens with one attached hydrogen (secondary N) is 2. The summed E-state index contributed by atoms with van der Waals surface area (Å²) in [5, 5.41) is 9.47. The van der Waals surface area contributed by atoms with Gasteiger partial charge in [-0.3, -0.25) is 0 Å². The number of hydrogen-bond donors (Lipinski definition) is 2. The highest BCUT2D eigenvalue weighted by Gasteiger charge is 2.17. The van der Waals surface area contributed by atoms with Crippen molar-refractivity contribution in [3.05, 3.63) is 22.4 Å². The Hall–Kier alpha value is -0.380. The highest BCUT2D eigenvalue weighted by Crippen LogP contribution is 2.20. The largest absolute Gasteiger partial charge is 0.314 e. The fourth-order valence-electron chi connectivity index (χ4n) is 2.67. The fourth-order valence-corrected chi connectivity index (χ4v) is 3.41. The molecule has 96 valence electrons. The van der Waals surface area contributed by atoms with Gasteiger partial charge in [0.2, 0.25) is 0 Å². The zero-order valence-corrected chi connectivity index (χ0v) is 11.7. The number of piperidine rings is 1. The molecule has 0 amide bonds. The summed E-state index contributed by atoms with van der Waals surface area (Å²) in [6.45, 7) is 5.77. The first kappa shape index (κ1) is 13.1. The molecule has 0 spiro atoms. The van der Waals surface area contributed by atoms with Crippen LogP contribution in [0.1, 0.15) is 50.4 Å². The lowest BCUT2D eigenvalue weighted by atomic mass is 9.98. The van der Waals surface area contributed by atoms with E-state index in [9.17, 15) is 0 Å². The van der Waals surface area contributed by atoms with E-state index in [4.69, 9.17) is 0 Å². The summed E-state index contributed by atoms with van der Waals surface area (Å²) in [5.41, 5.74) is 0. The molecule has 2 N–H and O–H groups in total. The van der Waals surface area contributed by atoms with Crippen LogP contribution in [0.2, 0.25) is 0 Å². The van der Waals surface area contributed by atoms with E-state index in [0.717, 1.165) is 6.04 Å². The Kier molecular flexibility index (Phi) is 5.01. The molecule has 0 bridgehead atoms. The topological polar surface area (TPSA) is 24.1 Å². The average Bonchev–Trinajstić information content (AvgIpc) is 2.83. The molecule has 0 aromatic carbocycles. The molecule has 1 aliphatic rings. The van der Waals surface area contributed by atoms with Crippen LogP contribution >= 0.6 is 11.3 Å². The summed E-state index contributed by atoms with van der Waals surface area (Å²) >= 11 is 1.84. The van der Waals surface area contributed by atoms with E-state index in [1.165, 1.54) is 37.1 Å². The lowest BCUT2D eigenvalue weighted by molar-refractivity contribution is 0.335. The van der Waals surface area contributed by atoms with Gasteiger partial charge in [0.05, 0.1) is 0 Å². The molecule has 1 aromatic rings. The van der Waals surface area contributed by atoms with E-state index in [1.807, 2.05) is 11.3 Å². The van der Waals surface area contributed by atoms with Crippen molar-refractivity contribution in [3.63, 3.8) is 0 Å². The molecule has 1 fully saturated rings. The molecule has 1 aromatic heterocycles. The van der Waals surface area contributed by atoms with Crippen LogP contribution in [-0.4, -0.2) is 18.6 Å². The summed E-state index contributed by atoms with van der Waals surface area (Å²) < 4.78 is 0. The maximum atomic E-state index is 3.70. The van der Waals surface area contributed by atoms with Gasteiger partial charge >= 0.3 is 0 Å². The number of thiophene rings is 1. The summed E-state index contributed by atoms with van der Waals surface area (Å²) in [6.07, 6.45) is 5.34. The Bertz CT molecular complexity index is 304. The standard InChI is InChI=1S/C14H24N2S/c1-11(10-13-6-3-4-8-15-13)16-12(2)14-7-5-9-17-14/h5,7,9,11-13,15-16H,3-4,6,8,10H2,1-2H3. The van der Waals surface area contributed by atoms with E-state index in [1.54, 1.807) is 0 Å². The molecule has 1 saturated heterocycles. The summed E-state index contributed by atoms with van der Waals surface area (Å²) in [4.78, 5) is 1.44. The van der Waals surface area contributed by atoms with Gasteiger partial charge in [0.25, 0.3) is 0 Å². The van der Waals surface area contributed by atoms with Crippen molar-refractivity contribution in [2.75, 3.05) is 6.54 Å². The lowest BCUT2D eigenvalue weighted by Crippen LogP contribution is -2.40. The molecular formula is C14H24N2S. The Morgan fingerprint density at radius 1 is 1.47 bits per heavy atom. The molecule has 2 nitrogen and oxygen atoms in total. The fraction of sp³-hybridized carbons (Fsp3) is 0.714. The Balaban J connectivity index is 1.74. The first-order chi connectivity index (χ1) is 8.25. The molecule has 0 aliphatic carbocycles. The van der Waals surface area contributed by atoms with E-state index < -0.39 is 0 Å². The molecular weight excluding hydrogens is 228 g/mol. The van der Waals surface area contributed by atoms with Gasteiger partial charge in [0, 0.05) is 23.0 Å². The van der Waals surface area contributed by atoms with Crippen LogP contribution in [0, 0.1) is 0 Å². The molecule has 0 radical (unpaired) electrons. The van der Waals surface area contributed by atoms with E-state index in [-0.39, 0.29) is 0 Å². The van der Waals surface area contributed by atoms with Crippen LogP contribution in [0.4, 0.5) is 0 Å². The highest BCUT2D eigenvalue weighted by molar-refractivity contribution is 7.10. The van der Waals surface area contributed by atoms with Gasteiger partial charge in [0.1, 0.15) is 0 Å². The quantitative estimate of drug-likeness (QED) is 0.840. The Labute approximate surface area is 109 Å². The monoisotopic (exact) mass is 252 g/mol. The second kappa shape index (κ2) is 6.53. The van der Waals surface area contributed by atoms with Crippen molar-refractivity contribution < 1.29 is 0 Å².